The molecule has 0 unspecified atom stereocenters. The third-order valence-electron chi connectivity index (χ3n) is 3.79. The van der Waals surface area contributed by atoms with Gasteiger partial charge >= 0.3 is 0 Å². The summed E-state index contributed by atoms with van der Waals surface area (Å²) in [5.41, 5.74) is 8.60. The zero-order valence-electron chi connectivity index (χ0n) is 12.0. The van der Waals surface area contributed by atoms with Gasteiger partial charge in [-0.05, 0) is 48.9 Å². The van der Waals surface area contributed by atoms with E-state index in [0.717, 1.165) is 25.0 Å². The van der Waals surface area contributed by atoms with Crippen molar-refractivity contribution in [3.63, 3.8) is 0 Å². The van der Waals surface area contributed by atoms with Crippen LogP contribution in [0.25, 0.3) is 0 Å². The van der Waals surface area contributed by atoms with Crippen molar-refractivity contribution in [2.24, 2.45) is 5.73 Å². The summed E-state index contributed by atoms with van der Waals surface area (Å²) in [6.07, 6.45) is 3.77. The smallest absolute Gasteiger partial charge is 0.150 e. The van der Waals surface area contributed by atoms with Gasteiger partial charge in [0.2, 0.25) is 0 Å². The second-order valence-electron chi connectivity index (χ2n) is 5.30. The van der Waals surface area contributed by atoms with Crippen molar-refractivity contribution >= 4 is 9.84 Å². The van der Waals surface area contributed by atoms with Crippen molar-refractivity contribution in [2.45, 2.75) is 38.6 Å². The molecule has 1 aliphatic rings. The zero-order chi connectivity index (χ0) is 14.6. The van der Waals surface area contributed by atoms with Crippen molar-refractivity contribution in [3.8, 4) is 5.75 Å². The number of hydrogen-bond donors (Lipinski definition) is 1. The molecule has 0 fully saturated rings. The van der Waals surface area contributed by atoms with E-state index in [1.807, 2.05) is 12.1 Å². The van der Waals surface area contributed by atoms with Crippen LogP contribution in [0.15, 0.2) is 18.2 Å². The highest BCUT2D eigenvalue weighted by atomic mass is 32.2. The van der Waals surface area contributed by atoms with Gasteiger partial charge in [0, 0.05) is 11.8 Å². The molecule has 0 aromatic heterocycles. The number of fused-ring (bicyclic) bond motifs is 1. The first-order chi connectivity index (χ1) is 9.52. The molecule has 0 spiro atoms. The van der Waals surface area contributed by atoms with Gasteiger partial charge in [-0.25, -0.2) is 8.42 Å². The summed E-state index contributed by atoms with van der Waals surface area (Å²) in [6, 6.07) is 6.13. The highest BCUT2D eigenvalue weighted by molar-refractivity contribution is 7.91. The molecule has 4 nitrogen and oxygen atoms in total. The fraction of sp³-hybridized carbons (Fsp3) is 0.600. The van der Waals surface area contributed by atoms with E-state index in [4.69, 9.17) is 10.5 Å². The first-order valence-electron chi connectivity index (χ1n) is 7.23. The molecule has 0 bridgehead atoms. The van der Waals surface area contributed by atoms with Crippen LogP contribution in [-0.2, 0) is 16.3 Å². The molecule has 1 aromatic rings. The molecular weight excluding hydrogens is 274 g/mol. The minimum Gasteiger partial charge on any atom is -0.494 e. The summed E-state index contributed by atoms with van der Waals surface area (Å²) in [7, 11) is -2.90. The minimum atomic E-state index is -2.90. The maximum absolute atomic E-state index is 11.4. The second kappa shape index (κ2) is 6.59. The Labute approximate surface area is 121 Å². The summed E-state index contributed by atoms with van der Waals surface area (Å²) >= 11 is 0. The molecule has 0 aliphatic heterocycles. The van der Waals surface area contributed by atoms with Crippen LogP contribution in [0.5, 0.6) is 5.75 Å². The Bertz CT molecular complexity index is 554. The number of sulfone groups is 1. The predicted molar refractivity (Wildman–Crippen MR) is 80.7 cm³/mol. The minimum absolute atomic E-state index is 0.0998. The molecule has 0 amide bonds. The first-order valence-corrected chi connectivity index (χ1v) is 9.05. The van der Waals surface area contributed by atoms with Gasteiger partial charge in [0.25, 0.3) is 0 Å². The van der Waals surface area contributed by atoms with Crippen molar-refractivity contribution in [1.82, 2.24) is 0 Å². The van der Waals surface area contributed by atoms with E-state index in [2.05, 4.69) is 6.07 Å². The van der Waals surface area contributed by atoms with Crippen LogP contribution in [0.3, 0.4) is 0 Å². The molecular formula is C15H23NO3S. The molecule has 0 heterocycles. The Morgan fingerprint density at radius 3 is 2.95 bits per heavy atom. The van der Waals surface area contributed by atoms with E-state index in [0.29, 0.717) is 13.0 Å². The standard InChI is InChI=1S/C15H23NO3S/c1-2-20(17,18)10-4-9-19-13-8-7-12-5-3-6-15(16)14(12)11-13/h7-8,11,15H,2-6,9-10,16H2,1H3/t15-/m0/s1. The van der Waals surface area contributed by atoms with E-state index >= 15 is 0 Å². The molecule has 1 aliphatic carbocycles. The average molecular weight is 297 g/mol. The molecule has 5 heteroatoms. The molecule has 1 atom stereocenters. The van der Waals surface area contributed by atoms with Gasteiger partial charge in [-0.3, -0.25) is 0 Å². The van der Waals surface area contributed by atoms with Crippen LogP contribution >= 0.6 is 0 Å². The van der Waals surface area contributed by atoms with Crippen molar-refractivity contribution in [2.75, 3.05) is 18.1 Å². The van der Waals surface area contributed by atoms with Gasteiger partial charge in [0.05, 0.1) is 12.4 Å². The zero-order valence-corrected chi connectivity index (χ0v) is 12.8. The average Bonchev–Trinajstić information content (AvgIpc) is 2.44. The maximum atomic E-state index is 11.4. The molecule has 2 rings (SSSR count). The van der Waals surface area contributed by atoms with Gasteiger partial charge in [0.1, 0.15) is 15.6 Å². The van der Waals surface area contributed by atoms with E-state index in [1.54, 1.807) is 6.92 Å². The molecule has 2 N–H and O–H groups in total. The number of ether oxygens (including phenoxy) is 1. The summed E-state index contributed by atoms with van der Waals surface area (Å²) < 4.78 is 28.4. The molecule has 0 saturated heterocycles. The fourth-order valence-corrected chi connectivity index (χ4v) is 3.36. The van der Waals surface area contributed by atoms with E-state index in [-0.39, 0.29) is 17.5 Å². The van der Waals surface area contributed by atoms with Crippen LogP contribution in [-0.4, -0.2) is 26.5 Å². The van der Waals surface area contributed by atoms with Crippen LogP contribution in [0, 0.1) is 0 Å². The quantitative estimate of drug-likeness (QED) is 0.817. The molecule has 0 radical (unpaired) electrons. The summed E-state index contributed by atoms with van der Waals surface area (Å²) in [4.78, 5) is 0. The van der Waals surface area contributed by atoms with Crippen LogP contribution < -0.4 is 10.5 Å². The highest BCUT2D eigenvalue weighted by Gasteiger charge is 2.17. The fourth-order valence-electron chi connectivity index (χ4n) is 2.52. The van der Waals surface area contributed by atoms with Crippen LogP contribution in [0.1, 0.15) is 43.4 Å². The number of aryl methyl sites for hydroxylation is 1. The maximum Gasteiger partial charge on any atom is 0.150 e. The molecule has 112 valence electrons. The lowest BCUT2D eigenvalue weighted by atomic mass is 9.88. The van der Waals surface area contributed by atoms with Crippen molar-refractivity contribution in [3.05, 3.63) is 29.3 Å². The van der Waals surface area contributed by atoms with E-state index < -0.39 is 9.84 Å². The number of hydrogen-bond acceptors (Lipinski definition) is 4. The Morgan fingerprint density at radius 1 is 1.40 bits per heavy atom. The Balaban J connectivity index is 1.89. The largest absolute Gasteiger partial charge is 0.494 e. The molecule has 0 saturated carbocycles. The van der Waals surface area contributed by atoms with Gasteiger partial charge < -0.3 is 10.5 Å². The van der Waals surface area contributed by atoms with Crippen molar-refractivity contribution in [1.29, 1.82) is 0 Å². The highest BCUT2D eigenvalue weighted by Crippen LogP contribution is 2.30. The van der Waals surface area contributed by atoms with E-state index in [9.17, 15) is 8.42 Å². The normalized spacial score (nSPS) is 18.6. The van der Waals surface area contributed by atoms with Crippen LogP contribution in [0.2, 0.25) is 0 Å². The second-order valence-corrected chi connectivity index (χ2v) is 7.77. The summed E-state index contributed by atoms with van der Waals surface area (Å²) in [6.45, 7) is 2.09. The third-order valence-corrected chi connectivity index (χ3v) is 5.58. The Kier molecular flexibility index (Phi) is 5.05. The van der Waals surface area contributed by atoms with Gasteiger partial charge in [0.15, 0.2) is 0 Å². The monoisotopic (exact) mass is 297 g/mol. The lowest BCUT2D eigenvalue weighted by Gasteiger charge is -2.22. The summed E-state index contributed by atoms with van der Waals surface area (Å²) in [5, 5.41) is 0. The van der Waals surface area contributed by atoms with Gasteiger partial charge in [-0.1, -0.05) is 13.0 Å². The Hall–Kier alpha value is -1.07. The SMILES string of the molecule is CCS(=O)(=O)CCCOc1ccc2c(c1)[C@@H](N)CCC2. The molecule has 20 heavy (non-hydrogen) atoms. The summed E-state index contributed by atoms with van der Waals surface area (Å²) in [5.74, 6) is 1.17. The van der Waals surface area contributed by atoms with Crippen LogP contribution in [0.4, 0.5) is 0 Å². The molecule has 1 aromatic carbocycles. The first kappa shape index (κ1) is 15.3. The number of nitrogens with two attached hydrogens (primary N) is 1. The topological polar surface area (TPSA) is 69.4 Å². The number of benzene rings is 1. The third kappa shape index (κ3) is 3.96. The lowest BCUT2D eigenvalue weighted by molar-refractivity contribution is 0.316. The number of rotatable bonds is 6. The van der Waals surface area contributed by atoms with E-state index in [1.165, 1.54) is 11.1 Å². The van der Waals surface area contributed by atoms with Gasteiger partial charge in [-0.15, -0.1) is 0 Å². The Morgan fingerprint density at radius 2 is 2.20 bits per heavy atom. The predicted octanol–water partition coefficient (Wildman–Crippen LogP) is 2.23. The van der Waals surface area contributed by atoms with Gasteiger partial charge in [-0.2, -0.15) is 0 Å². The lowest BCUT2D eigenvalue weighted by Crippen LogP contribution is -2.17. The van der Waals surface area contributed by atoms with Crippen molar-refractivity contribution < 1.29 is 13.2 Å².